The Morgan fingerprint density at radius 2 is 2.05 bits per heavy atom. The van der Waals surface area contributed by atoms with Crippen LogP contribution in [0.2, 0.25) is 0 Å². The molecule has 1 aromatic rings. The highest BCUT2D eigenvalue weighted by molar-refractivity contribution is 5.32. The van der Waals surface area contributed by atoms with Gasteiger partial charge in [0.25, 0.3) is 0 Å². The van der Waals surface area contributed by atoms with Crippen molar-refractivity contribution in [2.75, 3.05) is 6.54 Å². The summed E-state index contributed by atoms with van der Waals surface area (Å²) < 4.78 is 0. The highest BCUT2D eigenvalue weighted by Gasteiger charge is 2.40. The molecule has 0 radical (unpaired) electrons. The molecule has 1 aromatic carbocycles. The van der Waals surface area contributed by atoms with E-state index >= 15 is 0 Å². The molecule has 20 heavy (non-hydrogen) atoms. The molecule has 2 aliphatic heterocycles. The summed E-state index contributed by atoms with van der Waals surface area (Å²) in [5.74, 6) is 0. The Morgan fingerprint density at radius 1 is 1.30 bits per heavy atom. The van der Waals surface area contributed by atoms with Crippen molar-refractivity contribution >= 4 is 0 Å². The summed E-state index contributed by atoms with van der Waals surface area (Å²) in [6.45, 7) is 4.28. The topological polar surface area (TPSA) is 39.1 Å². The van der Waals surface area contributed by atoms with Gasteiger partial charge in [-0.25, -0.2) is 0 Å². The molecule has 2 bridgehead atoms. The average molecular weight is 269 g/mol. The highest BCUT2D eigenvalue weighted by Crippen LogP contribution is 2.36. The van der Waals surface area contributed by atoms with Crippen LogP contribution in [0, 0.1) is 11.3 Å². The average Bonchev–Trinajstić information content (AvgIpc) is 2.71. The number of piperidine rings is 1. The molecule has 2 atom stereocenters. The molecule has 3 heteroatoms. The number of nitrogens with zero attached hydrogens (tertiary/aromatic N) is 2. The van der Waals surface area contributed by atoms with Crippen molar-refractivity contribution in [2.45, 2.75) is 57.3 Å². The number of hydrogen-bond donors (Lipinski definition) is 1. The van der Waals surface area contributed by atoms with E-state index in [-0.39, 0.29) is 0 Å². The normalized spacial score (nSPS) is 29.3. The van der Waals surface area contributed by atoms with Crippen molar-refractivity contribution in [1.29, 1.82) is 5.26 Å². The molecule has 0 saturated carbocycles. The van der Waals surface area contributed by atoms with Gasteiger partial charge in [0.15, 0.2) is 0 Å². The third-order valence-electron chi connectivity index (χ3n) is 4.80. The Kier molecular flexibility index (Phi) is 4.05. The molecule has 0 aromatic heterocycles. The van der Waals surface area contributed by atoms with Crippen LogP contribution in [-0.2, 0) is 6.54 Å². The molecule has 2 heterocycles. The van der Waals surface area contributed by atoms with E-state index in [1.807, 2.05) is 18.2 Å². The molecule has 2 aliphatic rings. The summed E-state index contributed by atoms with van der Waals surface area (Å²) in [6, 6.07) is 12.5. The third kappa shape index (κ3) is 2.72. The minimum absolute atomic E-state index is 0.708. The van der Waals surface area contributed by atoms with E-state index < -0.39 is 0 Å². The zero-order valence-corrected chi connectivity index (χ0v) is 12.2. The van der Waals surface area contributed by atoms with Crippen LogP contribution in [0.15, 0.2) is 24.3 Å². The smallest absolute Gasteiger partial charge is 0.0991 e. The Balaban J connectivity index is 1.68. The number of fused-ring (bicyclic) bond motifs is 2. The van der Waals surface area contributed by atoms with Gasteiger partial charge in [-0.3, -0.25) is 4.90 Å². The van der Waals surface area contributed by atoms with Gasteiger partial charge in [0, 0.05) is 24.7 Å². The number of nitrogens with one attached hydrogen (secondary N) is 1. The Morgan fingerprint density at radius 3 is 2.70 bits per heavy atom. The van der Waals surface area contributed by atoms with Crippen LogP contribution in [0.5, 0.6) is 0 Å². The van der Waals surface area contributed by atoms with Crippen LogP contribution in [-0.4, -0.2) is 29.6 Å². The summed E-state index contributed by atoms with van der Waals surface area (Å²) in [7, 11) is 0. The lowest BCUT2D eigenvalue weighted by molar-refractivity contribution is 0.110. The molecule has 106 valence electrons. The molecule has 2 saturated heterocycles. The van der Waals surface area contributed by atoms with Gasteiger partial charge in [0.1, 0.15) is 0 Å². The quantitative estimate of drug-likeness (QED) is 0.913. The minimum Gasteiger partial charge on any atom is -0.314 e. The van der Waals surface area contributed by atoms with Gasteiger partial charge in [0.05, 0.1) is 11.6 Å². The third-order valence-corrected chi connectivity index (χ3v) is 4.80. The highest BCUT2D eigenvalue weighted by atomic mass is 15.2. The van der Waals surface area contributed by atoms with Crippen molar-refractivity contribution in [2.24, 2.45) is 0 Å². The second-order valence-corrected chi connectivity index (χ2v) is 6.10. The van der Waals surface area contributed by atoms with Crippen LogP contribution in [0.25, 0.3) is 0 Å². The lowest BCUT2D eigenvalue weighted by atomic mass is 9.96. The van der Waals surface area contributed by atoms with Crippen molar-refractivity contribution in [3.8, 4) is 6.07 Å². The fraction of sp³-hybridized carbons (Fsp3) is 0.588. The maximum Gasteiger partial charge on any atom is 0.0991 e. The zero-order chi connectivity index (χ0) is 13.9. The van der Waals surface area contributed by atoms with Crippen LogP contribution >= 0.6 is 0 Å². The zero-order valence-electron chi connectivity index (χ0n) is 12.2. The van der Waals surface area contributed by atoms with Crippen LogP contribution in [0.4, 0.5) is 0 Å². The first-order valence-corrected chi connectivity index (χ1v) is 7.78. The lowest BCUT2D eigenvalue weighted by Gasteiger charge is -2.39. The summed E-state index contributed by atoms with van der Waals surface area (Å²) in [4.78, 5) is 2.67. The molecular weight excluding hydrogens is 246 g/mol. The Hall–Kier alpha value is -1.37. The van der Waals surface area contributed by atoms with E-state index in [4.69, 9.17) is 5.26 Å². The van der Waals surface area contributed by atoms with Gasteiger partial charge in [-0.05, 0) is 49.9 Å². The van der Waals surface area contributed by atoms with Gasteiger partial charge < -0.3 is 5.32 Å². The fourth-order valence-electron chi connectivity index (χ4n) is 3.94. The number of hydrogen-bond acceptors (Lipinski definition) is 3. The second-order valence-electron chi connectivity index (χ2n) is 6.10. The monoisotopic (exact) mass is 269 g/mol. The Labute approximate surface area is 121 Å². The first kappa shape index (κ1) is 13.6. The van der Waals surface area contributed by atoms with Crippen LogP contribution < -0.4 is 5.32 Å². The van der Waals surface area contributed by atoms with Crippen molar-refractivity contribution < 1.29 is 0 Å². The van der Waals surface area contributed by atoms with Gasteiger partial charge in [0.2, 0.25) is 0 Å². The second kappa shape index (κ2) is 5.95. The van der Waals surface area contributed by atoms with Gasteiger partial charge in [-0.15, -0.1) is 0 Å². The van der Waals surface area contributed by atoms with Gasteiger partial charge in [-0.2, -0.15) is 5.26 Å². The summed E-state index contributed by atoms with van der Waals surface area (Å²) in [5.41, 5.74) is 2.06. The van der Waals surface area contributed by atoms with E-state index in [1.54, 1.807) is 0 Å². The number of benzene rings is 1. The van der Waals surface area contributed by atoms with Crippen molar-refractivity contribution in [3.05, 3.63) is 35.4 Å². The predicted octanol–water partition coefficient (Wildman–Crippen LogP) is 2.66. The van der Waals surface area contributed by atoms with Crippen LogP contribution in [0.3, 0.4) is 0 Å². The van der Waals surface area contributed by atoms with Crippen molar-refractivity contribution in [3.63, 3.8) is 0 Å². The first-order chi connectivity index (χ1) is 9.80. The van der Waals surface area contributed by atoms with Crippen molar-refractivity contribution in [1.82, 2.24) is 10.2 Å². The molecular formula is C17H23N3. The SMILES string of the molecule is CCNC1CC2CCC(C1)N2Cc1cccc(C#N)c1. The largest absolute Gasteiger partial charge is 0.314 e. The van der Waals surface area contributed by atoms with Gasteiger partial charge >= 0.3 is 0 Å². The van der Waals surface area contributed by atoms with E-state index in [1.165, 1.54) is 31.2 Å². The van der Waals surface area contributed by atoms with E-state index in [0.29, 0.717) is 6.04 Å². The first-order valence-electron chi connectivity index (χ1n) is 7.78. The fourth-order valence-corrected chi connectivity index (χ4v) is 3.94. The predicted molar refractivity (Wildman–Crippen MR) is 80.2 cm³/mol. The standard InChI is InChI=1S/C17H23N3/c1-2-19-15-9-16-6-7-17(10-15)20(16)12-14-5-3-4-13(8-14)11-18/h3-5,8,15-17,19H,2,6-7,9-10,12H2,1H3. The molecule has 3 nitrogen and oxygen atoms in total. The number of nitriles is 1. The Bertz CT molecular complexity index is 491. The molecule has 1 N–H and O–H groups in total. The molecule has 2 fully saturated rings. The van der Waals surface area contributed by atoms with E-state index in [2.05, 4.69) is 29.3 Å². The summed E-state index contributed by atoms with van der Waals surface area (Å²) in [6.07, 6.45) is 5.24. The van der Waals surface area contributed by atoms with Crippen LogP contribution in [0.1, 0.15) is 43.7 Å². The lowest BCUT2D eigenvalue weighted by Crippen LogP contribution is -2.48. The maximum absolute atomic E-state index is 9.01. The summed E-state index contributed by atoms with van der Waals surface area (Å²) >= 11 is 0. The molecule has 0 aliphatic carbocycles. The molecule has 2 unspecified atom stereocenters. The van der Waals surface area contributed by atoms with Gasteiger partial charge in [-0.1, -0.05) is 19.1 Å². The van der Waals surface area contributed by atoms with E-state index in [9.17, 15) is 0 Å². The molecule has 0 amide bonds. The summed E-state index contributed by atoms with van der Waals surface area (Å²) in [5, 5.41) is 12.6. The van der Waals surface area contributed by atoms with E-state index in [0.717, 1.165) is 30.7 Å². The minimum atomic E-state index is 0.708. The maximum atomic E-state index is 9.01. The molecule has 0 spiro atoms. The molecule has 3 rings (SSSR count). The number of rotatable bonds is 4.